The molecule has 0 fully saturated rings. The van der Waals surface area contributed by atoms with E-state index in [1.807, 2.05) is 17.5 Å². The molecule has 2 aromatic carbocycles. The summed E-state index contributed by atoms with van der Waals surface area (Å²) in [6.45, 7) is 0.0218. The molecule has 0 atom stereocenters. The highest BCUT2D eigenvalue weighted by Crippen LogP contribution is 2.19. The van der Waals surface area contributed by atoms with Crippen molar-refractivity contribution in [3.63, 3.8) is 0 Å². The summed E-state index contributed by atoms with van der Waals surface area (Å²) in [5.74, 6) is -0.640. The Morgan fingerprint density at radius 1 is 1.03 bits per heavy atom. The molecule has 162 valence electrons. The van der Waals surface area contributed by atoms with Gasteiger partial charge < -0.3 is 15.8 Å². The normalized spacial score (nSPS) is 11.1. The van der Waals surface area contributed by atoms with E-state index in [1.165, 1.54) is 24.3 Å². The van der Waals surface area contributed by atoms with Crippen LogP contribution in [0.4, 0.5) is 5.69 Å². The average Bonchev–Trinajstić information content (AvgIpc) is 3.26. The number of hydrogen-bond acceptors (Lipinski definition) is 6. The Kier molecular flexibility index (Phi) is 7.40. The number of rotatable bonds is 10. The highest BCUT2D eigenvalue weighted by atomic mass is 32.2. The van der Waals surface area contributed by atoms with E-state index in [1.54, 1.807) is 35.6 Å². The van der Waals surface area contributed by atoms with Gasteiger partial charge >= 0.3 is 0 Å². The molecule has 31 heavy (non-hydrogen) atoms. The number of amides is 2. The Morgan fingerprint density at radius 3 is 2.48 bits per heavy atom. The zero-order valence-electron chi connectivity index (χ0n) is 16.4. The van der Waals surface area contributed by atoms with Crippen molar-refractivity contribution in [1.29, 1.82) is 0 Å². The van der Waals surface area contributed by atoms with Crippen molar-refractivity contribution in [2.75, 3.05) is 18.5 Å². The van der Waals surface area contributed by atoms with E-state index in [4.69, 9.17) is 10.5 Å². The number of benzene rings is 2. The fourth-order valence-corrected chi connectivity index (χ4v) is 4.39. The molecule has 3 aromatic rings. The standard InChI is InChI=1S/C21H21N3O5S2/c22-20(25)14-29-17-4-1-3-16(13-17)24-21(26)15-6-8-19(9-7-15)31(27,28)23-11-10-18-5-2-12-30-18/h1-9,12-13,23H,10-11,14H2,(H2,22,25)(H,24,26). The summed E-state index contributed by atoms with van der Waals surface area (Å²) in [7, 11) is -3.67. The van der Waals surface area contributed by atoms with Crippen LogP contribution in [0, 0.1) is 0 Å². The van der Waals surface area contributed by atoms with E-state index >= 15 is 0 Å². The van der Waals surface area contributed by atoms with Crippen molar-refractivity contribution in [1.82, 2.24) is 4.72 Å². The van der Waals surface area contributed by atoms with Gasteiger partial charge in [0.2, 0.25) is 10.0 Å². The van der Waals surface area contributed by atoms with Gasteiger partial charge in [-0.3, -0.25) is 9.59 Å². The van der Waals surface area contributed by atoms with E-state index < -0.39 is 21.8 Å². The van der Waals surface area contributed by atoms with Crippen LogP contribution in [0.15, 0.2) is 70.9 Å². The Hall–Kier alpha value is -3.21. The molecule has 2 amide bonds. The Balaban J connectivity index is 1.59. The molecular formula is C21H21N3O5S2. The molecule has 3 rings (SSSR count). The number of nitrogens with one attached hydrogen (secondary N) is 2. The molecular weight excluding hydrogens is 438 g/mol. The van der Waals surface area contributed by atoms with Gasteiger partial charge in [0.25, 0.3) is 11.8 Å². The fraction of sp³-hybridized carbons (Fsp3) is 0.143. The predicted molar refractivity (Wildman–Crippen MR) is 119 cm³/mol. The smallest absolute Gasteiger partial charge is 0.255 e. The topological polar surface area (TPSA) is 128 Å². The number of thiophene rings is 1. The second-order valence-corrected chi connectivity index (χ2v) is 9.29. The van der Waals surface area contributed by atoms with Gasteiger partial charge in [-0.15, -0.1) is 11.3 Å². The summed E-state index contributed by atoms with van der Waals surface area (Å²) < 4.78 is 32.6. The average molecular weight is 460 g/mol. The van der Waals surface area contributed by atoms with E-state index in [9.17, 15) is 18.0 Å². The lowest BCUT2D eigenvalue weighted by Gasteiger charge is -2.09. The van der Waals surface area contributed by atoms with Gasteiger partial charge in [-0.1, -0.05) is 12.1 Å². The molecule has 0 spiro atoms. The lowest BCUT2D eigenvalue weighted by Crippen LogP contribution is -2.26. The molecule has 0 bridgehead atoms. The van der Waals surface area contributed by atoms with Crippen LogP contribution in [-0.2, 0) is 21.2 Å². The summed E-state index contributed by atoms with van der Waals surface area (Å²) in [4.78, 5) is 24.5. The number of carbonyl (C=O) groups excluding carboxylic acids is 2. The molecule has 1 heterocycles. The number of hydrogen-bond donors (Lipinski definition) is 3. The summed E-state index contributed by atoms with van der Waals surface area (Å²) in [5, 5.41) is 4.64. The molecule has 4 N–H and O–H groups in total. The minimum absolute atomic E-state index is 0.0806. The first-order chi connectivity index (χ1) is 14.8. The van der Waals surface area contributed by atoms with Gasteiger partial charge in [0.15, 0.2) is 6.61 Å². The molecule has 0 aliphatic carbocycles. The van der Waals surface area contributed by atoms with Crippen molar-refractivity contribution in [3.05, 3.63) is 76.5 Å². The van der Waals surface area contributed by atoms with Gasteiger partial charge in [-0.05, 0) is 54.3 Å². The summed E-state index contributed by atoms with van der Waals surface area (Å²) in [6.07, 6.45) is 0.611. The Bertz CT molecular complexity index is 1140. The number of ether oxygens (including phenoxy) is 1. The minimum Gasteiger partial charge on any atom is -0.484 e. The third-order valence-corrected chi connectivity index (χ3v) is 6.56. The lowest BCUT2D eigenvalue weighted by atomic mass is 10.2. The predicted octanol–water partition coefficient (Wildman–Crippen LogP) is 2.39. The molecule has 0 aliphatic rings. The number of carbonyl (C=O) groups is 2. The van der Waals surface area contributed by atoms with Gasteiger partial charge in [0.1, 0.15) is 5.75 Å². The number of nitrogens with two attached hydrogens (primary N) is 1. The third-order valence-electron chi connectivity index (χ3n) is 4.14. The van der Waals surface area contributed by atoms with Crippen molar-refractivity contribution in [2.24, 2.45) is 5.73 Å². The molecule has 0 saturated heterocycles. The fourth-order valence-electron chi connectivity index (χ4n) is 2.65. The molecule has 0 aliphatic heterocycles. The maximum Gasteiger partial charge on any atom is 0.255 e. The van der Waals surface area contributed by atoms with Crippen LogP contribution in [0.3, 0.4) is 0 Å². The van der Waals surface area contributed by atoms with Crippen molar-refractivity contribution < 1.29 is 22.7 Å². The van der Waals surface area contributed by atoms with Crippen molar-refractivity contribution in [2.45, 2.75) is 11.3 Å². The first-order valence-electron chi connectivity index (χ1n) is 9.28. The SMILES string of the molecule is NC(=O)COc1cccc(NC(=O)c2ccc(S(=O)(=O)NCCc3cccs3)cc2)c1. The van der Waals surface area contributed by atoms with Crippen LogP contribution in [0.2, 0.25) is 0 Å². The van der Waals surface area contributed by atoms with Gasteiger partial charge in [0.05, 0.1) is 4.90 Å². The monoisotopic (exact) mass is 459 g/mol. The first kappa shape index (κ1) is 22.5. The Morgan fingerprint density at radius 2 is 1.81 bits per heavy atom. The van der Waals surface area contributed by atoms with Gasteiger partial charge in [-0.25, -0.2) is 13.1 Å². The molecule has 10 heteroatoms. The summed E-state index contributed by atoms with van der Waals surface area (Å²) >= 11 is 1.57. The van der Waals surface area contributed by atoms with Crippen LogP contribution in [0.5, 0.6) is 5.75 Å². The molecule has 1 aromatic heterocycles. The number of anilines is 1. The largest absolute Gasteiger partial charge is 0.484 e. The maximum atomic E-state index is 12.5. The highest BCUT2D eigenvalue weighted by molar-refractivity contribution is 7.89. The van der Waals surface area contributed by atoms with Crippen molar-refractivity contribution in [3.8, 4) is 5.75 Å². The minimum atomic E-state index is -3.67. The zero-order valence-corrected chi connectivity index (χ0v) is 18.0. The van der Waals surface area contributed by atoms with Crippen LogP contribution < -0.4 is 20.5 Å². The van der Waals surface area contributed by atoms with E-state index in [0.29, 0.717) is 30.0 Å². The van der Waals surface area contributed by atoms with E-state index in [2.05, 4.69) is 10.0 Å². The Labute approximate surface area is 184 Å². The quantitative estimate of drug-likeness (QED) is 0.429. The second kappa shape index (κ2) is 10.2. The zero-order chi connectivity index (χ0) is 22.3. The molecule has 0 radical (unpaired) electrons. The molecule has 0 saturated carbocycles. The third kappa shape index (κ3) is 6.64. The van der Waals surface area contributed by atoms with Crippen LogP contribution in [-0.4, -0.2) is 33.4 Å². The maximum absolute atomic E-state index is 12.5. The van der Waals surface area contributed by atoms with E-state index in [0.717, 1.165) is 4.88 Å². The lowest BCUT2D eigenvalue weighted by molar-refractivity contribution is -0.119. The first-order valence-corrected chi connectivity index (χ1v) is 11.6. The number of primary amides is 1. The van der Waals surface area contributed by atoms with Crippen LogP contribution in [0.25, 0.3) is 0 Å². The molecule has 0 unspecified atom stereocenters. The van der Waals surface area contributed by atoms with Gasteiger partial charge in [0, 0.05) is 28.7 Å². The van der Waals surface area contributed by atoms with Gasteiger partial charge in [-0.2, -0.15) is 0 Å². The highest BCUT2D eigenvalue weighted by Gasteiger charge is 2.15. The van der Waals surface area contributed by atoms with E-state index in [-0.39, 0.29) is 11.5 Å². The van der Waals surface area contributed by atoms with Crippen molar-refractivity contribution >= 4 is 38.9 Å². The summed E-state index contributed by atoms with van der Waals surface area (Å²) in [6, 6.07) is 16.0. The summed E-state index contributed by atoms with van der Waals surface area (Å²) in [5.41, 5.74) is 5.80. The van der Waals surface area contributed by atoms with Crippen LogP contribution in [0.1, 0.15) is 15.2 Å². The molecule has 8 nitrogen and oxygen atoms in total. The second-order valence-electron chi connectivity index (χ2n) is 6.49. The van der Waals surface area contributed by atoms with Crippen LogP contribution >= 0.6 is 11.3 Å². The number of sulfonamides is 1.